The van der Waals surface area contributed by atoms with Gasteiger partial charge in [-0.2, -0.15) is 0 Å². The van der Waals surface area contributed by atoms with E-state index in [1.165, 1.54) is 0 Å². The first kappa shape index (κ1) is 14.2. The molecule has 1 aliphatic rings. The van der Waals surface area contributed by atoms with E-state index in [4.69, 9.17) is 14.2 Å². The van der Waals surface area contributed by atoms with Crippen LogP contribution in [0.4, 0.5) is 0 Å². The maximum atomic E-state index is 9.39. The first-order valence-corrected chi connectivity index (χ1v) is 6.91. The zero-order chi connectivity index (χ0) is 13.5. The molecule has 1 aromatic rings. The van der Waals surface area contributed by atoms with Gasteiger partial charge in [0.15, 0.2) is 11.5 Å². The minimum absolute atomic E-state index is 0.0377. The highest BCUT2D eigenvalue weighted by molar-refractivity contribution is 5.46. The third-order valence-corrected chi connectivity index (χ3v) is 3.33. The van der Waals surface area contributed by atoms with Crippen LogP contribution in [0.25, 0.3) is 0 Å². The zero-order valence-corrected chi connectivity index (χ0v) is 11.4. The lowest BCUT2D eigenvalue weighted by molar-refractivity contribution is 0.0489. The molecule has 4 nitrogen and oxygen atoms in total. The Kier molecular flexibility index (Phi) is 5.48. The first-order chi connectivity index (χ1) is 9.35. The Morgan fingerprint density at radius 3 is 2.74 bits per heavy atom. The van der Waals surface area contributed by atoms with E-state index in [1.807, 2.05) is 25.1 Å². The van der Waals surface area contributed by atoms with Crippen LogP contribution in [0.1, 0.15) is 25.3 Å². The summed E-state index contributed by atoms with van der Waals surface area (Å²) in [6.45, 7) is 4.77. The van der Waals surface area contributed by atoms with Crippen LogP contribution in [0.3, 0.4) is 0 Å². The van der Waals surface area contributed by atoms with Gasteiger partial charge in [0.2, 0.25) is 0 Å². The minimum atomic E-state index is -0.0377. The maximum Gasteiger partial charge on any atom is 0.166 e. The van der Waals surface area contributed by atoms with Crippen LogP contribution >= 0.6 is 0 Å². The summed E-state index contributed by atoms with van der Waals surface area (Å²) in [7, 11) is 0. The van der Waals surface area contributed by atoms with Crippen molar-refractivity contribution in [2.45, 2.75) is 26.4 Å². The van der Waals surface area contributed by atoms with Crippen LogP contribution in [0, 0.1) is 5.92 Å². The molecule has 0 aliphatic carbocycles. The number of aliphatic hydroxyl groups is 1. The molecule has 0 atom stereocenters. The van der Waals surface area contributed by atoms with Crippen LogP contribution in [-0.4, -0.2) is 31.5 Å². The third kappa shape index (κ3) is 3.85. The fraction of sp³-hybridized carbons (Fsp3) is 0.600. The second-order valence-electron chi connectivity index (χ2n) is 4.70. The number of para-hydroxylation sites is 1. The van der Waals surface area contributed by atoms with Crippen molar-refractivity contribution in [1.82, 2.24) is 0 Å². The van der Waals surface area contributed by atoms with E-state index in [-0.39, 0.29) is 6.61 Å². The Morgan fingerprint density at radius 2 is 2.05 bits per heavy atom. The van der Waals surface area contributed by atoms with E-state index in [1.54, 1.807) is 0 Å². The summed E-state index contributed by atoms with van der Waals surface area (Å²) in [5.74, 6) is 1.91. The van der Waals surface area contributed by atoms with Crippen LogP contribution < -0.4 is 9.47 Å². The Balaban J connectivity index is 2.03. The molecular formula is C15H22O4. The van der Waals surface area contributed by atoms with Crippen molar-refractivity contribution in [3.8, 4) is 11.5 Å². The van der Waals surface area contributed by atoms with Crippen molar-refractivity contribution in [3.63, 3.8) is 0 Å². The summed E-state index contributed by atoms with van der Waals surface area (Å²) < 4.78 is 16.8. The molecule has 2 rings (SSSR count). The smallest absolute Gasteiger partial charge is 0.166 e. The molecule has 0 spiro atoms. The van der Waals surface area contributed by atoms with E-state index in [0.29, 0.717) is 30.6 Å². The van der Waals surface area contributed by atoms with Crippen molar-refractivity contribution in [1.29, 1.82) is 0 Å². The lowest BCUT2D eigenvalue weighted by Gasteiger charge is -2.23. The van der Waals surface area contributed by atoms with E-state index < -0.39 is 0 Å². The summed E-state index contributed by atoms with van der Waals surface area (Å²) in [6.07, 6.45) is 2.07. The predicted molar refractivity (Wildman–Crippen MR) is 72.6 cm³/mol. The average Bonchev–Trinajstić information content (AvgIpc) is 2.47. The van der Waals surface area contributed by atoms with Crippen molar-refractivity contribution in [3.05, 3.63) is 23.8 Å². The fourth-order valence-corrected chi connectivity index (χ4v) is 2.23. The number of hydrogen-bond donors (Lipinski definition) is 1. The Labute approximate surface area is 114 Å². The molecule has 1 aromatic carbocycles. The summed E-state index contributed by atoms with van der Waals surface area (Å²) in [5, 5.41) is 9.39. The number of ether oxygens (including phenoxy) is 3. The molecule has 1 aliphatic heterocycles. The number of hydrogen-bond acceptors (Lipinski definition) is 4. The molecule has 1 N–H and O–H groups in total. The van der Waals surface area contributed by atoms with E-state index in [2.05, 4.69) is 0 Å². The van der Waals surface area contributed by atoms with Gasteiger partial charge in [0.25, 0.3) is 0 Å². The fourth-order valence-electron chi connectivity index (χ4n) is 2.23. The highest BCUT2D eigenvalue weighted by atomic mass is 16.5. The van der Waals surface area contributed by atoms with Crippen LogP contribution in [0.5, 0.6) is 11.5 Å². The second kappa shape index (κ2) is 7.36. The van der Waals surface area contributed by atoms with Gasteiger partial charge in [-0.05, 0) is 31.7 Å². The van der Waals surface area contributed by atoms with Gasteiger partial charge in [0, 0.05) is 18.8 Å². The molecule has 1 fully saturated rings. The highest BCUT2D eigenvalue weighted by Crippen LogP contribution is 2.32. The lowest BCUT2D eigenvalue weighted by atomic mass is 10.0. The van der Waals surface area contributed by atoms with Crippen molar-refractivity contribution < 1.29 is 19.3 Å². The van der Waals surface area contributed by atoms with Crippen molar-refractivity contribution in [2.24, 2.45) is 5.92 Å². The van der Waals surface area contributed by atoms with Crippen LogP contribution in [0.15, 0.2) is 18.2 Å². The molecule has 0 saturated carbocycles. The third-order valence-electron chi connectivity index (χ3n) is 3.33. The molecule has 0 unspecified atom stereocenters. The minimum Gasteiger partial charge on any atom is -0.490 e. The maximum absolute atomic E-state index is 9.39. The number of benzene rings is 1. The summed E-state index contributed by atoms with van der Waals surface area (Å²) in [6, 6.07) is 5.61. The molecule has 19 heavy (non-hydrogen) atoms. The Hall–Kier alpha value is -1.26. The van der Waals surface area contributed by atoms with E-state index in [9.17, 15) is 5.11 Å². The standard InChI is InChI=1S/C15H22O4/c1-2-18-14-5-3-4-13(10-16)15(14)19-11-12-6-8-17-9-7-12/h3-5,12,16H,2,6-11H2,1H3. The average molecular weight is 266 g/mol. The molecule has 0 radical (unpaired) electrons. The van der Waals surface area contributed by atoms with Gasteiger partial charge in [0.05, 0.1) is 19.8 Å². The monoisotopic (exact) mass is 266 g/mol. The number of rotatable bonds is 6. The van der Waals surface area contributed by atoms with Crippen molar-refractivity contribution >= 4 is 0 Å². The molecular weight excluding hydrogens is 244 g/mol. The van der Waals surface area contributed by atoms with Crippen LogP contribution in [-0.2, 0) is 11.3 Å². The normalized spacial score (nSPS) is 16.3. The van der Waals surface area contributed by atoms with Gasteiger partial charge in [0.1, 0.15) is 0 Å². The van der Waals surface area contributed by atoms with E-state index >= 15 is 0 Å². The molecule has 4 heteroatoms. The van der Waals surface area contributed by atoms with Gasteiger partial charge in [-0.1, -0.05) is 12.1 Å². The first-order valence-electron chi connectivity index (χ1n) is 6.91. The van der Waals surface area contributed by atoms with Crippen molar-refractivity contribution in [2.75, 3.05) is 26.4 Å². The number of aliphatic hydroxyl groups excluding tert-OH is 1. The van der Waals surface area contributed by atoms with Gasteiger partial charge >= 0.3 is 0 Å². The lowest BCUT2D eigenvalue weighted by Crippen LogP contribution is -2.22. The zero-order valence-electron chi connectivity index (χ0n) is 11.4. The summed E-state index contributed by atoms with van der Waals surface area (Å²) >= 11 is 0. The van der Waals surface area contributed by atoms with Gasteiger partial charge in [-0.15, -0.1) is 0 Å². The highest BCUT2D eigenvalue weighted by Gasteiger charge is 2.17. The SMILES string of the molecule is CCOc1cccc(CO)c1OCC1CCOCC1. The molecule has 1 saturated heterocycles. The molecule has 106 valence electrons. The Bertz CT molecular complexity index is 386. The van der Waals surface area contributed by atoms with E-state index in [0.717, 1.165) is 31.6 Å². The van der Waals surface area contributed by atoms with Crippen LogP contribution in [0.2, 0.25) is 0 Å². The molecule has 0 amide bonds. The summed E-state index contributed by atoms with van der Waals surface area (Å²) in [5.41, 5.74) is 0.776. The second-order valence-corrected chi connectivity index (χ2v) is 4.70. The summed E-state index contributed by atoms with van der Waals surface area (Å²) in [4.78, 5) is 0. The van der Waals surface area contributed by atoms with Gasteiger partial charge in [-0.3, -0.25) is 0 Å². The topological polar surface area (TPSA) is 47.9 Å². The largest absolute Gasteiger partial charge is 0.490 e. The molecule has 0 bridgehead atoms. The predicted octanol–water partition coefficient (Wildman–Crippen LogP) is 2.38. The van der Waals surface area contributed by atoms with Gasteiger partial charge in [-0.25, -0.2) is 0 Å². The molecule has 1 heterocycles. The molecule has 0 aromatic heterocycles. The van der Waals surface area contributed by atoms with Gasteiger partial charge < -0.3 is 19.3 Å². The quantitative estimate of drug-likeness (QED) is 0.859. The Morgan fingerprint density at radius 1 is 1.26 bits per heavy atom.